The van der Waals surface area contributed by atoms with Gasteiger partial charge in [-0.15, -0.1) is 10.2 Å². The fourth-order valence-electron chi connectivity index (χ4n) is 3.10. The molecule has 1 amide bonds. The zero-order valence-electron chi connectivity index (χ0n) is 17.4. The second-order valence-corrected chi connectivity index (χ2v) is 9.34. The van der Waals surface area contributed by atoms with Crippen LogP contribution in [-0.2, 0) is 5.75 Å². The Morgan fingerprint density at radius 3 is 2.77 bits per heavy atom. The van der Waals surface area contributed by atoms with E-state index >= 15 is 0 Å². The fourth-order valence-corrected chi connectivity index (χ4v) is 4.94. The first kappa shape index (κ1) is 21.4. The van der Waals surface area contributed by atoms with Gasteiger partial charge in [-0.2, -0.15) is 0 Å². The first-order chi connectivity index (χ1) is 15.2. The number of ether oxygens (including phenoxy) is 1. The fraction of sp³-hybridized carbons (Fsp3) is 0.261. The van der Waals surface area contributed by atoms with E-state index < -0.39 is 0 Å². The van der Waals surface area contributed by atoms with Crippen molar-refractivity contribution in [1.29, 1.82) is 0 Å². The molecule has 1 N–H and O–H groups in total. The summed E-state index contributed by atoms with van der Waals surface area (Å²) in [6.45, 7) is 4.65. The number of anilines is 1. The van der Waals surface area contributed by atoms with Gasteiger partial charge in [0.1, 0.15) is 16.3 Å². The van der Waals surface area contributed by atoms with Crippen molar-refractivity contribution in [1.82, 2.24) is 10.2 Å². The lowest BCUT2D eigenvalue weighted by molar-refractivity contribution is 0.0997. The maximum Gasteiger partial charge on any atom is 0.291 e. The molecule has 4 rings (SSSR count). The largest absolute Gasteiger partial charge is 0.491 e. The molecule has 2 heterocycles. The van der Waals surface area contributed by atoms with Crippen LogP contribution in [0, 0.1) is 6.92 Å². The molecule has 0 radical (unpaired) electrons. The Bertz CT molecular complexity index is 1190. The number of nitrogens with one attached hydrogen (secondary N) is 1. The van der Waals surface area contributed by atoms with E-state index in [0.717, 1.165) is 33.1 Å². The van der Waals surface area contributed by atoms with E-state index in [1.165, 1.54) is 11.3 Å². The van der Waals surface area contributed by atoms with Crippen molar-refractivity contribution in [2.75, 3.05) is 11.9 Å². The lowest BCUT2D eigenvalue weighted by Crippen LogP contribution is -2.14. The number of para-hydroxylation sites is 3. The van der Waals surface area contributed by atoms with Crippen LogP contribution in [0.5, 0.6) is 5.75 Å². The third-order valence-corrected chi connectivity index (χ3v) is 6.64. The van der Waals surface area contributed by atoms with Gasteiger partial charge in [0, 0.05) is 16.7 Å². The van der Waals surface area contributed by atoms with Crippen molar-refractivity contribution in [2.24, 2.45) is 0 Å². The summed E-state index contributed by atoms with van der Waals surface area (Å²) in [6.07, 6.45) is 2.00. The van der Waals surface area contributed by atoms with E-state index in [1.54, 1.807) is 11.8 Å². The Labute approximate surface area is 189 Å². The van der Waals surface area contributed by atoms with Gasteiger partial charge in [0.15, 0.2) is 10.1 Å². The predicted octanol–water partition coefficient (Wildman–Crippen LogP) is 6.32. The minimum Gasteiger partial charge on any atom is -0.491 e. The number of hydrogen-bond acceptors (Lipinski definition) is 7. The first-order valence-corrected chi connectivity index (χ1v) is 11.9. The standard InChI is InChI=1S/C23H23N3O3S2/c1-3-4-13-28-20-12-8-6-10-18(20)24-22(27)21-17(14-30-23-26-25-15(2)31-23)16-9-5-7-11-19(16)29-21/h5-12H,3-4,13-14H2,1-2H3,(H,24,27). The second kappa shape index (κ2) is 9.98. The van der Waals surface area contributed by atoms with Crippen LogP contribution in [0.25, 0.3) is 11.0 Å². The van der Waals surface area contributed by atoms with Crippen LogP contribution in [0.3, 0.4) is 0 Å². The smallest absolute Gasteiger partial charge is 0.291 e. The lowest BCUT2D eigenvalue weighted by Gasteiger charge is -2.12. The monoisotopic (exact) mass is 453 g/mol. The third-order valence-electron chi connectivity index (χ3n) is 4.64. The van der Waals surface area contributed by atoms with E-state index in [9.17, 15) is 4.79 Å². The molecule has 2 aromatic carbocycles. The number of amides is 1. The van der Waals surface area contributed by atoms with Crippen LogP contribution < -0.4 is 10.1 Å². The van der Waals surface area contributed by atoms with E-state index in [1.807, 2.05) is 55.5 Å². The van der Waals surface area contributed by atoms with Gasteiger partial charge < -0.3 is 14.5 Å². The Balaban J connectivity index is 1.59. The summed E-state index contributed by atoms with van der Waals surface area (Å²) in [5.41, 5.74) is 2.15. The first-order valence-electron chi connectivity index (χ1n) is 10.1. The predicted molar refractivity (Wildman–Crippen MR) is 125 cm³/mol. The number of aryl methyl sites for hydroxylation is 1. The molecule has 2 aromatic heterocycles. The van der Waals surface area contributed by atoms with Gasteiger partial charge >= 0.3 is 0 Å². The van der Waals surface area contributed by atoms with E-state index in [-0.39, 0.29) is 5.91 Å². The lowest BCUT2D eigenvalue weighted by atomic mass is 10.1. The highest BCUT2D eigenvalue weighted by Gasteiger charge is 2.22. The van der Waals surface area contributed by atoms with E-state index in [0.29, 0.717) is 35.1 Å². The van der Waals surface area contributed by atoms with E-state index in [2.05, 4.69) is 22.4 Å². The number of thioether (sulfide) groups is 1. The highest BCUT2D eigenvalue weighted by Crippen LogP contribution is 2.34. The minimum atomic E-state index is -0.299. The average molecular weight is 454 g/mol. The minimum absolute atomic E-state index is 0.299. The SMILES string of the molecule is CCCCOc1ccccc1NC(=O)c1oc2ccccc2c1CSc1nnc(C)s1. The number of furan rings is 1. The number of nitrogens with zero attached hydrogens (tertiary/aromatic N) is 2. The molecule has 0 aliphatic carbocycles. The molecule has 0 spiro atoms. The van der Waals surface area contributed by atoms with Crippen molar-refractivity contribution in [2.45, 2.75) is 36.8 Å². The van der Waals surface area contributed by atoms with Gasteiger partial charge in [-0.3, -0.25) is 4.79 Å². The number of fused-ring (bicyclic) bond motifs is 1. The Kier molecular flexibility index (Phi) is 6.89. The van der Waals surface area contributed by atoms with Crippen molar-refractivity contribution in [3.63, 3.8) is 0 Å². The number of carbonyl (C=O) groups excluding carboxylic acids is 1. The molecule has 0 unspecified atom stereocenters. The molecule has 0 saturated carbocycles. The van der Waals surface area contributed by atoms with Gasteiger partial charge in [-0.1, -0.05) is 66.8 Å². The van der Waals surface area contributed by atoms with Crippen LogP contribution in [-0.4, -0.2) is 22.7 Å². The summed E-state index contributed by atoms with van der Waals surface area (Å²) in [6, 6.07) is 15.1. The molecule has 0 aliphatic rings. The van der Waals surface area contributed by atoms with E-state index in [4.69, 9.17) is 9.15 Å². The Hall–Kier alpha value is -2.84. The van der Waals surface area contributed by atoms with Crippen molar-refractivity contribution in [3.05, 3.63) is 64.9 Å². The maximum absolute atomic E-state index is 13.2. The normalized spacial score (nSPS) is 11.0. The molecule has 31 heavy (non-hydrogen) atoms. The Morgan fingerprint density at radius 1 is 1.16 bits per heavy atom. The summed E-state index contributed by atoms with van der Waals surface area (Å²) in [4.78, 5) is 13.2. The van der Waals surface area contributed by atoms with Crippen molar-refractivity contribution >= 4 is 45.7 Å². The molecular weight excluding hydrogens is 430 g/mol. The molecule has 4 aromatic rings. The number of aromatic nitrogens is 2. The number of rotatable bonds is 9. The molecule has 0 saturated heterocycles. The molecule has 0 bridgehead atoms. The van der Waals surface area contributed by atoms with Gasteiger partial charge in [-0.25, -0.2) is 0 Å². The summed E-state index contributed by atoms with van der Waals surface area (Å²) in [7, 11) is 0. The zero-order chi connectivity index (χ0) is 21.6. The van der Waals surface area contributed by atoms with Gasteiger partial charge in [0.05, 0.1) is 12.3 Å². The van der Waals surface area contributed by atoms with Gasteiger partial charge in [-0.05, 0) is 31.5 Å². The molecule has 0 aliphatic heterocycles. The van der Waals surface area contributed by atoms with Crippen molar-refractivity contribution < 1.29 is 13.9 Å². The summed E-state index contributed by atoms with van der Waals surface area (Å²) >= 11 is 3.08. The number of unbranched alkanes of at least 4 members (excludes halogenated alkanes) is 1. The third kappa shape index (κ3) is 5.08. The maximum atomic E-state index is 13.2. The van der Waals surface area contributed by atoms with Crippen LogP contribution in [0.15, 0.2) is 57.3 Å². The highest BCUT2D eigenvalue weighted by molar-refractivity contribution is 8.00. The van der Waals surface area contributed by atoms with Crippen molar-refractivity contribution in [3.8, 4) is 5.75 Å². The molecule has 8 heteroatoms. The van der Waals surface area contributed by atoms with Crippen LogP contribution in [0.2, 0.25) is 0 Å². The summed E-state index contributed by atoms with van der Waals surface area (Å²) in [5.74, 6) is 1.22. The Morgan fingerprint density at radius 2 is 1.97 bits per heavy atom. The average Bonchev–Trinajstić information content (AvgIpc) is 3.36. The molecular formula is C23H23N3O3S2. The highest BCUT2D eigenvalue weighted by atomic mass is 32.2. The van der Waals surface area contributed by atoms with Gasteiger partial charge in [0.2, 0.25) is 0 Å². The number of benzene rings is 2. The second-order valence-electron chi connectivity index (χ2n) is 6.93. The number of carbonyl (C=O) groups is 1. The van der Waals surface area contributed by atoms with Crippen LogP contribution in [0.4, 0.5) is 5.69 Å². The quantitative estimate of drug-likeness (QED) is 0.236. The molecule has 0 fully saturated rings. The zero-order valence-corrected chi connectivity index (χ0v) is 19.0. The molecule has 0 atom stereocenters. The molecule has 160 valence electrons. The van der Waals surface area contributed by atoms with Crippen LogP contribution >= 0.6 is 23.1 Å². The van der Waals surface area contributed by atoms with Crippen LogP contribution in [0.1, 0.15) is 40.9 Å². The molecule has 6 nitrogen and oxygen atoms in total. The van der Waals surface area contributed by atoms with Gasteiger partial charge in [0.25, 0.3) is 5.91 Å². The topological polar surface area (TPSA) is 77.2 Å². The summed E-state index contributed by atoms with van der Waals surface area (Å²) in [5, 5.41) is 13.0. The number of hydrogen-bond donors (Lipinski definition) is 1. The summed E-state index contributed by atoms with van der Waals surface area (Å²) < 4.78 is 12.7.